The zero-order valence-corrected chi connectivity index (χ0v) is 12.6. The fourth-order valence-corrected chi connectivity index (χ4v) is 1.89. The predicted molar refractivity (Wildman–Crippen MR) is 77.2 cm³/mol. The first-order valence-electron chi connectivity index (χ1n) is 6.64. The third kappa shape index (κ3) is 4.74. The summed E-state index contributed by atoms with van der Waals surface area (Å²) in [7, 11) is 4.64. The van der Waals surface area contributed by atoms with Gasteiger partial charge in [0, 0.05) is 12.5 Å². The maximum atomic E-state index is 11.0. The minimum Gasteiger partial charge on any atom is -0.493 e. The van der Waals surface area contributed by atoms with Crippen LogP contribution in [0.15, 0.2) is 18.2 Å². The standard InChI is InChI=1S/C15H23NO4/c1-11(16-9-5-6-15(17)20-4)12-7-8-13(18-2)14(10-12)19-3/h7-8,10-11,16H,5-6,9H2,1-4H3. The Bertz CT molecular complexity index is 434. The van der Waals surface area contributed by atoms with Crippen LogP contribution in [0.25, 0.3) is 0 Å². The van der Waals surface area contributed by atoms with Gasteiger partial charge in [-0.05, 0) is 37.6 Å². The zero-order chi connectivity index (χ0) is 15.0. The minimum atomic E-state index is -0.175. The molecule has 5 nitrogen and oxygen atoms in total. The molecule has 0 amide bonds. The molecule has 1 N–H and O–H groups in total. The topological polar surface area (TPSA) is 56.8 Å². The van der Waals surface area contributed by atoms with Crippen molar-refractivity contribution in [2.45, 2.75) is 25.8 Å². The number of rotatable bonds is 8. The van der Waals surface area contributed by atoms with Gasteiger partial charge < -0.3 is 19.5 Å². The number of carbonyl (C=O) groups excluding carboxylic acids is 1. The Morgan fingerprint density at radius 3 is 2.50 bits per heavy atom. The normalized spacial score (nSPS) is 11.8. The molecule has 0 spiro atoms. The van der Waals surface area contributed by atoms with Gasteiger partial charge in [0.25, 0.3) is 0 Å². The third-order valence-corrected chi connectivity index (χ3v) is 3.14. The quantitative estimate of drug-likeness (QED) is 0.585. The largest absolute Gasteiger partial charge is 0.493 e. The smallest absolute Gasteiger partial charge is 0.305 e. The Morgan fingerprint density at radius 2 is 1.90 bits per heavy atom. The molecule has 1 unspecified atom stereocenters. The van der Waals surface area contributed by atoms with Gasteiger partial charge in [0.15, 0.2) is 11.5 Å². The van der Waals surface area contributed by atoms with E-state index < -0.39 is 0 Å². The molecule has 0 aliphatic carbocycles. The number of nitrogens with one attached hydrogen (secondary N) is 1. The SMILES string of the molecule is COC(=O)CCCNC(C)c1ccc(OC)c(OC)c1. The molecule has 0 radical (unpaired) electrons. The maximum absolute atomic E-state index is 11.0. The summed E-state index contributed by atoms with van der Waals surface area (Å²) in [6.45, 7) is 2.82. The molecule has 1 aromatic carbocycles. The molecule has 0 heterocycles. The van der Waals surface area contributed by atoms with Gasteiger partial charge in [-0.2, -0.15) is 0 Å². The molecule has 0 saturated carbocycles. The van der Waals surface area contributed by atoms with E-state index in [9.17, 15) is 4.79 Å². The van der Waals surface area contributed by atoms with E-state index in [0.29, 0.717) is 17.9 Å². The average Bonchev–Trinajstić information content (AvgIpc) is 2.50. The number of methoxy groups -OCH3 is 3. The highest BCUT2D eigenvalue weighted by atomic mass is 16.5. The third-order valence-electron chi connectivity index (χ3n) is 3.14. The highest BCUT2D eigenvalue weighted by molar-refractivity contribution is 5.69. The number of ether oxygens (including phenoxy) is 3. The van der Waals surface area contributed by atoms with Crippen LogP contribution < -0.4 is 14.8 Å². The van der Waals surface area contributed by atoms with Gasteiger partial charge in [0.2, 0.25) is 0 Å². The van der Waals surface area contributed by atoms with Gasteiger partial charge in [-0.1, -0.05) is 6.07 Å². The van der Waals surface area contributed by atoms with Crippen molar-refractivity contribution in [2.75, 3.05) is 27.9 Å². The van der Waals surface area contributed by atoms with E-state index >= 15 is 0 Å². The van der Waals surface area contributed by atoms with Gasteiger partial charge in [0.1, 0.15) is 0 Å². The van der Waals surface area contributed by atoms with E-state index in [1.54, 1.807) is 14.2 Å². The van der Waals surface area contributed by atoms with Crippen LogP contribution >= 0.6 is 0 Å². The van der Waals surface area contributed by atoms with Crippen molar-refractivity contribution in [1.29, 1.82) is 0 Å². The van der Waals surface area contributed by atoms with E-state index in [1.807, 2.05) is 18.2 Å². The van der Waals surface area contributed by atoms with Gasteiger partial charge in [-0.3, -0.25) is 4.79 Å². The van der Waals surface area contributed by atoms with Gasteiger partial charge in [0.05, 0.1) is 21.3 Å². The molecule has 0 aliphatic rings. The monoisotopic (exact) mass is 281 g/mol. The molecule has 0 bridgehead atoms. The van der Waals surface area contributed by atoms with Crippen molar-refractivity contribution >= 4 is 5.97 Å². The van der Waals surface area contributed by atoms with Crippen LogP contribution in [0, 0.1) is 0 Å². The first-order chi connectivity index (χ1) is 9.62. The predicted octanol–water partition coefficient (Wildman–Crippen LogP) is 2.31. The van der Waals surface area contributed by atoms with Crippen LogP contribution in [0.5, 0.6) is 11.5 Å². The van der Waals surface area contributed by atoms with Crippen LogP contribution in [-0.4, -0.2) is 33.8 Å². The molecule has 0 aromatic heterocycles. The van der Waals surface area contributed by atoms with Crippen molar-refractivity contribution in [2.24, 2.45) is 0 Å². The molecule has 0 aliphatic heterocycles. The van der Waals surface area contributed by atoms with Crippen molar-refractivity contribution in [3.05, 3.63) is 23.8 Å². The molecule has 112 valence electrons. The number of carbonyl (C=O) groups is 1. The van der Waals surface area contributed by atoms with Gasteiger partial charge in [-0.25, -0.2) is 0 Å². The molecule has 1 aromatic rings. The molecule has 20 heavy (non-hydrogen) atoms. The van der Waals surface area contributed by atoms with E-state index in [1.165, 1.54) is 7.11 Å². The summed E-state index contributed by atoms with van der Waals surface area (Å²) in [4.78, 5) is 11.0. The number of hydrogen-bond donors (Lipinski definition) is 1. The molecule has 1 atom stereocenters. The fourth-order valence-electron chi connectivity index (χ4n) is 1.89. The van der Waals surface area contributed by atoms with Crippen molar-refractivity contribution in [1.82, 2.24) is 5.32 Å². The molecule has 0 fully saturated rings. The molecule has 0 saturated heterocycles. The van der Waals surface area contributed by atoms with E-state index in [2.05, 4.69) is 17.0 Å². The highest BCUT2D eigenvalue weighted by Gasteiger charge is 2.10. The Morgan fingerprint density at radius 1 is 1.20 bits per heavy atom. The van der Waals surface area contributed by atoms with Gasteiger partial charge >= 0.3 is 5.97 Å². The molecule has 1 rings (SSSR count). The summed E-state index contributed by atoms with van der Waals surface area (Å²) < 4.78 is 15.1. The van der Waals surface area contributed by atoms with Crippen molar-refractivity contribution in [3.63, 3.8) is 0 Å². The second-order valence-corrected chi connectivity index (χ2v) is 4.47. The number of esters is 1. The fraction of sp³-hybridized carbons (Fsp3) is 0.533. The summed E-state index contributed by atoms with van der Waals surface area (Å²) in [5, 5.41) is 3.36. The molecule has 5 heteroatoms. The van der Waals surface area contributed by atoms with E-state index in [0.717, 1.165) is 18.5 Å². The van der Waals surface area contributed by atoms with Crippen molar-refractivity contribution in [3.8, 4) is 11.5 Å². The lowest BCUT2D eigenvalue weighted by Crippen LogP contribution is -2.20. The van der Waals surface area contributed by atoms with Crippen LogP contribution in [0.4, 0.5) is 0 Å². The lowest BCUT2D eigenvalue weighted by molar-refractivity contribution is -0.140. The lowest BCUT2D eigenvalue weighted by atomic mass is 10.1. The summed E-state index contributed by atoms with van der Waals surface area (Å²) in [6, 6.07) is 6.02. The number of benzene rings is 1. The Kier molecular flexibility index (Phi) is 6.87. The summed E-state index contributed by atoms with van der Waals surface area (Å²) in [5.74, 6) is 1.26. The Balaban J connectivity index is 2.50. The maximum Gasteiger partial charge on any atom is 0.305 e. The van der Waals surface area contributed by atoms with E-state index in [-0.39, 0.29) is 12.0 Å². The summed E-state index contributed by atoms with van der Waals surface area (Å²) >= 11 is 0. The Hall–Kier alpha value is -1.75. The second kappa shape index (κ2) is 8.43. The molecular weight excluding hydrogens is 258 g/mol. The van der Waals surface area contributed by atoms with Crippen LogP contribution in [-0.2, 0) is 9.53 Å². The highest BCUT2D eigenvalue weighted by Crippen LogP contribution is 2.29. The zero-order valence-electron chi connectivity index (χ0n) is 12.6. The van der Waals surface area contributed by atoms with Crippen LogP contribution in [0.3, 0.4) is 0 Å². The lowest BCUT2D eigenvalue weighted by Gasteiger charge is -2.16. The van der Waals surface area contributed by atoms with Crippen LogP contribution in [0.1, 0.15) is 31.4 Å². The first kappa shape index (κ1) is 16.3. The number of hydrogen-bond acceptors (Lipinski definition) is 5. The summed E-state index contributed by atoms with van der Waals surface area (Å²) in [5.41, 5.74) is 1.11. The van der Waals surface area contributed by atoms with Gasteiger partial charge in [-0.15, -0.1) is 0 Å². The average molecular weight is 281 g/mol. The minimum absolute atomic E-state index is 0.174. The second-order valence-electron chi connectivity index (χ2n) is 4.47. The Labute approximate surface area is 120 Å². The van der Waals surface area contributed by atoms with Crippen molar-refractivity contribution < 1.29 is 19.0 Å². The summed E-state index contributed by atoms with van der Waals surface area (Å²) in [6.07, 6.45) is 1.19. The van der Waals surface area contributed by atoms with Crippen LogP contribution in [0.2, 0.25) is 0 Å². The first-order valence-corrected chi connectivity index (χ1v) is 6.64. The van der Waals surface area contributed by atoms with E-state index in [4.69, 9.17) is 9.47 Å². The molecular formula is C15H23NO4.